The zero-order chi connectivity index (χ0) is 26.6. The minimum atomic E-state index is -0.522. The normalized spacial score (nSPS) is 14.4. The molecule has 2 aromatic heterocycles. The Bertz CT molecular complexity index is 1260. The Morgan fingerprint density at radius 2 is 1.78 bits per heavy atom. The van der Waals surface area contributed by atoms with Gasteiger partial charge in [-0.15, -0.1) is 11.3 Å². The van der Waals surface area contributed by atoms with Gasteiger partial charge in [0.2, 0.25) is 11.9 Å². The van der Waals surface area contributed by atoms with E-state index < -0.39 is 5.60 Å². The first-order valence-corrected chi connectivity index (χ1v) is 13.0. The van der Waals surface area contributed by atoms with Crippen molar-refractivity contribution in [3.8, 4) is 10.6 Å². The number of thiazole rings is 1. The Morgan fingerprint density at radius 3 is 2.46 bits per heavy atom. The van der Waals surface area contributed by atoms with Crippen LogP contribution in [0.1, 0.15) is 31.5 Å². The largest absolute Gasteiger partial charge is 0.444 e. The summed E-state index contributed by atoms with van der Waals surface area (Å²) < 4.78 is 5.43. The Kier molecular flexibility index (Phi) is 8.03. The zero-order valence-corrected chi connectivity index (χ0v) is 22.7. The van der Waals surface area contributed by atoms with Crippen LogP contribution < -0.4 is 10.6 Å². The molecule has 2 amide bonds. The second-order valence-corrected chi connectivity index (χ2v) is 11.1. The summed E-state index contributed by atoms with van der Waals surface area (Å²) in [5, 5.41) is 7.17. The van der Waals surface area contributed by atoms with Gasteiger partial charge in [0.15, 0.2) is 0 Å². The molecule has 3 aromatic rings. The lowest BCUT2D eigenvalue weighted by atomic mass is 10.2. The standard InChI is InChI=1S/C26H33N7O3S/c1-17-23(37-18(2)28-17)21-9-10-27-24(31-21)30-20-8-6-7-19(15-20)29-22(34)16-32-11-13-33(14-12-32)25(35)36-26(3,4)5/h6-10,15H,11-14,16H2,1-5H3,(H,29,34)(H,27,30,31). The molecular weight excluding hydrogens is 490 g/mol. The molecule has 1 saturated heterocycles. The molecule has 0 atom stereocenters. The van der Waals surface area contributed by atoms with Crippen molar-refractivity contribution in [1.82, 2.24) is 24.8 Å². The van der Waals surface area contributed by atoms with Gasteiger partial charge in [-0.3, -0.25) is 9.69 Å². The van der Waals surface area contributed by atoms with Crippen molar-refractivity contribution in [1.29, 1.82) is 0 Å². The third-order valence-electron chi connectivity index (χ3n) is 5.59. The van der Waals surface area contributed by atoms with Gasteiger partial charge in [0.25, 0.3) is 0 Å². The summed E-state index contributed by atoms with van der Waals surface area (Å²) in [6.07, 6.45) is 1.40. The first-order valence-electron chi connectivity index (χ1n) is 12.2. The van der Waals surface area contributed by atoms with Crippen LogP contribution in [0, 0.1) is 13.8 Å². The zero-order valence-electron chi connectivity index (χ0n) is 21.9. The fourth-order valence-electron chi connectivity index (χ4n) is 3.94. The minimum absolute atomic E-state index is 0.114. The van der Waals surface area contributed by atoms with Gasteiger partial charge in [0.1, 0.15) is 5.60 Å². The monoisotopic (exact) mass is 523 g/mol. The third kappa shape index (κ3) is 7.46. The molecule has 0 radical (unpaired) electrons. The molecule has 4 rings (SSSR count). The average molecular weight is 524 g/mol. The van der Waals surface area contributed by atoms with Crippen LogP contribution in [0.2, 0.25) is 0 Å². The van der Waals surface area contributed by atoms with E-state index in [1.54, 1.807) is 22.4 Å². The van der Waals surface area contributed by atoms with E-state index in [1.165, 1.54) is 0 Å². The highest BCUT2D eigenvalue weighted by molar-refractivity contribution is 7.15. The van der Waals surface area contributed by atoms with Crippen LogP contribution in [-0.2, 0) is 9.53 Å². The summed E-state index contributed by atoms with van der Waals surface area (Å²) >= 11 is 1.60. The quantitative estimate of drug-likeness (QED) is 0.487. The summed E-state index contributed by atoms with van der Waals surface area (Å²) in [4.78, 5) is 43.1. The molecule has 10 nitrogen and oxygen atoms in total. The molecule has 11 heteroatoms. The molecule has 0 bridgehead atoms. The van der Waals surface area contributed by atoms with E-state index in [0.29, 0.717) is 37.8 Å². The number of carbonyl (C=O) groups is 2. The number of amides is 2. The van der Waals surface area contributed by atoms with E-state index in [0.717, 1.165) is 27.0 Å². The molecule has 2 N–H and O–H groups in total. The number of nitrogens with one attached hydrogen (secondary N) is 2. The molecular formula is C26H33N7O3S. The van der Waals surface area contributed by atoms with Crippen LogP contribution >= 0.6 is 11.3 Å². The van der Waals surface area contributed by atoms with Gasteiger partial charge in [0, 0.05) is 43.8 Å². The Balaban J connectivity index is 1.30. The molecule has 196 valence electrons. The number of aromatic nitrogens is 3. The van der Waals surface area contributed by atoms with Gasteiger partial charge in [-0.2, -0.15) is 0 Å². The number of ether oxygens (including phenoxy) is 1. The molecule has 0 aliphatic carbocycles. The van der Waals surface area contributed by atoms with Gasteiger partial charge in [-0.05, 0) is 58.9 Å². The molecule has 3 heterocycles. The smallest absolute Gasteiger partial charge is 0.410 e. The second-order valence-electron chi connectivity index (χ2n) is 9.91. The highest BCUT2D eigenvalue weighted by atomic mass is 32.1. The van der Waals surface area contributed by atoms with Gasteiger partial charge in [0.05, 0.1) is 27.8 Å². The van der Waals surface area contributed by atoms with Crippen molar-refractivity contribution in [2.45, 2.75) is 40.2 Å². The molecule has 1 aromatic carbocycles. The van der Waals surface area contributed by atoms with Crippen LogP contribution in [0.3, 0.4) is 0 Å². The van der Waals surface area contributed by atoms with Gasteiger partial charge in [-0.1, -0.05) is 6.07 Å². The SMILES string of the molecule is Cc1nc(C)c(-c2ccnc(Nc3cccc(NC(=O)CN4CCN(C(=O)OC(C)(C)C)CC4)c3)n2)s1. The minimum Gasteiger partial charge on any atom is -0.444 e. The predicted octanol–water partition coefficient (Wildman–Crippen LogP) is 4.45. The third-order valence-corrected chi connectivity index (χ3v) is 6.68. The first kappa shape index (κ1) is 26.5. The summed E-state index contributed by atoms with van der Waals surface area (Å²) in [6, 6.07) is 9.30. The number of nitrogens with zero attached hydrogens (tertiary/aromatic N) is 5. The van der Waals surface area contributed by atoms with Crippen LogP contribution in [0.25, 0.3) is 10.6 Å². The second kappa shape index (κ2) is 11.2. The lowest BCUT2D eigenvalue weighted by molar-refractivity contribution is -0.117. The van der Waals surface area contributed by atoms with Crippen molar-refractivity contribution in [3.63, 3.8) is 0 Å². The molecule has 0 saturated carbocycles. The van der Waals surface area contributed by atoms with E-state index in [9.17, 15) is 9.59 Å². The predicted molar refractivity (Wildman–Crippen MR) is 145 cm³/mol. The summed E-state index contributed by atoms with van der Waals surface area (Å²) in [6.45, 7) is 12.0. The van der Waals surface area contributed by atoms with Crippen molar-refractivity contribution in [2.24, 2.45) is 0 Å². The number of hydrogen-bond donors (Lipinski definition) is 2. The van der Waals surface area contributed by atoms with Crippen molar-refractivity contribution in [3.05, 3.63) is 47.2 Å². The van der Waals surface area contributed by atoms with E-state index in [1.807, 2.05) is 69.9 Å². The Morgan fingerprint density at radius 1 is 1.05 bits per heavy atom. The number of hydrogen-bond acceptors (Lipinski definition) is 9. The van der Waals surface area contributed by atoms with Gasteiger partial charge in [-0.25, -0.2) is 19.7 Å². The number of anilines is 3. The van der Waals surface area contributed by atoms with Crippen LogP contribution in [0.15, 0.2) is 36.5 Å². The molecule has 37 heavy (non-hydrogen) atoms. The molecule has 1 aliphatic heterocycles. The van der Waals surface area contributed by atoms with Gasteiger partial charge >= 0.3 is 6.09 Å². The molecule has 1 fully saturated rings. The maximum absolute atomic E-state index is 12.7. The number of benzene rings is 1. The lowest BCUT2D eigenvalue weighted by Crippen LogP contribution is -2.51. The van der Waals surface area contributed by atoms with Crippen molar-refractivity contribution >= 4 is 40.7 Å². The summed E-state index contributed by atoms with van der Waals surface area (Å²) in [7, 11) is 0. The maximum atomic E-state index is 12.7. The van der Waals surface area contributed by atoms with Crippen LogP contribution in [-0.4, -0.2) is 75.1 Å². The lowest BCUT2D eigenvalue weighted by Gasteiger charge is -2.35. The number of rotatable bonds is 6. The summed E-state index contributed by atoms with van der Waals surface area (Å²) in [5.41, 5.74) is 2.68. The molecule has 1 aliphatic rings. The molecule has 0 unspecified atom stereocenters. The van der Waals surface area contributed by atoms with E-state index in [4.69, 9.17) is 4.74 Å². The highest BCUT2D eigenvalue weighted by Gasteiger charge is 2.26. The topological polar surface area (TPSA) is 113 Å². The van der Waals surface area contributed by atoms with Gasteiger partial charge < -0.3 is 20.3 Å². The Hall–Kier alpha value is -3.57. The highest BCUT2D eigenvalue weighted by Crippen LogP contribution is 2.29. The maximum Gasteiger partial charge on any atom is 0.410 e. The summed E-state index contributed by atoms with van der Waals surface area (Å²) in [5.74, 6) is 0.353. The fourth-order valence-corrected chi connectivity index (χ4v) is 4.83. The van der Waals surface area contributed by atoms with Crippen molar-refractivity contribution in [2.75, 3.05) is 43.4 Å². The Labute approximate surface area is 221 Å². The fraction of sp³-hybridized carbons (Fsp3) is 0.423. The van der Waals surface area contributed by atoms with Crippen molar-refractivity contribution < 1.29 is 14.3 Å². The average Bonchev–Trinajstić information content (AvgIpc) is 3.16. The number of carbonyl (C=O) groups excluding carboxylic acids is 2. The number of aryl methyl sites for hydroxylation is 2. The first-order chi connectivity index (χ1) is 17.6. The number of piperazine rings is 1. The van der Waals surface area contributed by atoms with E-state index in [2.05, 4.69) is 25.6 Å². The van der Waals surface area contributed by atoms with E-state index in [-0.39, 0.29) is 18.5 Å². The van der Waals surface area contributed by atoms with Crippen LogP contribution in [0.5, 0.6) is 0 Å². The molecule has 0 spiro atoms. The van der Waals surface area contributed by atoms with Crippen LogP contribution in [0.4, 0.5) is 22.1 Å². The van der Waals surface area contributed by atoms with E-state index >= 15 is 0 Å².